The van der Waals surface area contributed by atoms with Gasteiger partial charge in [-0.25, -0.2) is 0 Å². The maximum absolute atomic E-state index is 9.98. The third kappa shape index (κ3) is 2.72. The number of nitrogens with two attached hydrogens (primary N) is 1. The lowest BCUT2D eigenvalue weighted by Crippen LogP contribution is -2.42. The number of hydrogen-bond acceptors (Lipinski definition) is 5. The summed E-state index contributed by atoms with van der Waals surface area (Å²) in [7, 11) is 0. The van der Waals surface area contributed by atoms with Crippen molar-refractivity contribution in [1.29, 1.82) is 15.8 Å². The Balaban J connectivity index is 2.17. The normalized spacial score (nSPS) is 24.0. The molecule has 0 radical (unpaired) electrons. The van der Waals surface area contributed by atoms with Crippen LogP contribution in [-0.4, -0.2) is 0 Å². The zero-order valence-electron chi connectivity index (χ0n) is 15.0. The Labute approximate surface area is 158 Å². The standard InChI is InChI=1S/C21H22N4S/c1-2-3-6-14-9-10-18(26-14)19-16-8-5-4-7-15(16)17(11-22)20(25)21(19,12-23)13-24/h7,9-10,16,19H,2-6,8,25H2,1H3/t16-,19-/m1/s1. The SMILES string of the molecule is CCCCc1ccc([C@H]2[C@@H]3CCCC=C3C(C#N)=C(N)C2(C#N)C#N)s1. The van der Waals surface area contributed by atoms with Crippen LogP contribution < -0.4 is 5.73 Å². The monoisotopic (exact) mass is 362 g/mol. The van der Waals surface area contributed by atoms with Gasteiger partial charge < -0.3 is 5.73 Å². The molecule has 1 aromatic heterocycles. The quantitative estimate of drug-likeness (QED) is 0.840. The Hall–Kier alpha value is -2.55. The summed E-state index contributed by atoms with van der Waals surface area (Å²) in [5.41, 5.74) is 6.22. The molecule has 2 aliphatic carbocycles. The molecule has 0 bridgehead atoms. The minimum absolute atomic E-state index is 0.00248. The Kier molecular flexibility index (Phi) is 5.17. The van der Waals surface area contributed by atoms with E-state index >= 15 is 0 Å². The van der Waals surface area contributed by atoms with Gasteiger partial charge in [0.25, 0.3) is 0 Å². The van der Waals surface area contributed by atoms with Crippen LogP contribution in [-0.2, 0) is 6.42 Å². The Morgan fingerprint density at radius 2 is 2.04 bits per heavy atom. The van der Waals surface area contributed by atoms with Crippen molar-refractivity contribution in [1.82, 2.24) is 0 Å². The number of thiophene rings is 1. The number of fused-ring (bicyclic) bond motifs is 1. The Morgan fingerprint density at radius 1 is 1.27 bits per heavy atom. The summed E-state index contributed by atoms with van der Waals surface area (Å²) in [6.07, 6.45) is 8.15. The first-order valence-electron chi connectivity index (χ1n) is 9.14. The highest BCUT2D eigenvalue weighted by Gasteiger charge is 2.54. The van der Waals surface area contributed by atoms with E-state index in [1.165, 1.54) is 4.88 Å². The molecule has 0 aromatic carbocycles. The molecule has 3 rings (SSSR count). The van der Waals surface area contributed by atoms with Crippen LogP contribution in [0.2, 0.25) is 0 Å². The third-order valence-corrected chi connectivity index (χ3v) is 6.79. The van der Waals surface area contributed by atoms with E-state index in [-0.39, 0.29) is 17.5 Å². The molecule has 0 spiro atoms. The average molecular weight is 363 g/mol. The van der Waals surface area contributed by atoms with Crippen LogP contribution in [0.3, 0.4) is 0 Å². The summed E-state index contributed by atoms with van der Waals surface area (Å²) in [4.78, 5) is 2.32. The van der Waals surface area contributed by atoms with Crippen LogP contribution in [0.15, 0.2) is 35.1 Å². The molecule has 0 unspecified atom stereocenters. The van der Waals surface area contributed by atoms with Crippen LogP contribution in [0, 0.1) is 45.3 Å². The first-order chi connectivity index (χ1) is 12.6. The first-order valence-corrected chi connectivity index (χ1v) is 9.96. The van der Waals surface area contributed by atoms with Crippen LogP contribution in [0.25, 0.3) is 0 Å². The predicted octanol–water partition coefficient (Wildman–Crippen LogP) is 4.68. The van der Waals surface area contributed by atoms with Crippen molar-refractivity contribution in [3.63, 3.8) is 0 Å². The fraction of sp³-hybridized carbons (Fsp3) is 0.476. The topological polar surface area (TPSA) is 97.4 Å². The molecule has 1 heterocycles. The lowest BCUT2D eigenvalue weighted by molar-refractivity contribution is 0.321. The van der Waals surface area contributed by atoms with Gasteiger partial charge in [-0.2, -0.15) is 15.8 Å². The second-order valence-electron chi connectivity index (χ2n) is 7.01. The fourth-order valence-electron chi connectivity index (χ4n) is 4.23. The highest BCUT2D eigenvalue weighted by atomic mass is 32.1. The van der Waals surface area contributed by atoms with Gasteiger partial charge in [-0.15, -0.1) is 11.3 Å². The molecule has 0 fully saturated rings. The zero-order valence-corrected chi connectivity index (χ0v) is 15.8. The number of nitriles is 3. The molecule has 132 valence electrons. The molecule has 0 amide bonds. The predicted molar refractivity (Wildman–Crippen MR) is 102 cm³/mol. The first kappa shape index (κ1) is 18.2. The Bertz CT molecular complexity index is 870. The fourth-order valence-corrected chi connectivity index (χ4v) is 5.52. The average Bonchev–Trinajstić information content (AvgIpc) is 3.14. The van der Waals surface area contributed by atoms with E-state index < -0.39 is 5.41 Å². The van der Waals surface area contributed by atoms with E-state index in [4.69, 9.17) is 5.73 Å². The van der Waals surface area contributed by atoms with E-state index in [1.54, 1.807) is 11.3 Å². The van der Waals surface area contributed by atoms with Gasteiger partial charge in [-0.1, -0.05) is 19.4 Å². The van der Waals surface area contributed by atoms with Gasteiger partial charge in [0, 0.05) is 15.7 Å². The van der Waals surface area contributed by atoms with Gasteiger partial charge in [0.15, 0.2) is 5.41 Å². The molecule has 5 heteroatoms. The van der Waals surface area contributed by atoms with E-state index in [0.717, 1.165) is 49.0 Å². The molecule has 1 aromatic rings. The van der Waals surface area contributed by atoms with E-state index in [0.29, 0.717) is 5.57 Å². The second kappa shape index (κ2) is 7.36. The van der Waals surface area contributed by atoms with Crippen LogP contribution in [0.4, 0.5) is 0 Å². The van der Waals surface area contributed by atoms with E-state index in [9.17, 15) is 15.8 Å². The van der Waals surface area contributed by atoms with Crippen LogP contribution >= 0.6 is 11.3 Å². The molecule has 26 heavy (non-hydrogen) atoms. The molecule has 2 N–H and O–H groups in total. The van der Waals surface area contributed by atoms with Gasteiger partial charge in [-0.05, 0) is 55.7 Å². The molecular weight excluding hydrogens is 340 g/mol. The summed E-state index contributed by atoms with van der Waals surface area (Å²) in [5, 5.41) is 29.6. The highest BCUT2D eigenvalue weighted by molar-refractivity contribution is 7.12. The van der Waals surface area contributed by atoms with E-state index in [1.807, 2.05) is 0 Å². The zero-order chi connectivity index (χ0) is 18.7. The van der Waals surface area contributed by atoms with Crippen LogP contribution in [0.5, 0.6) is 0 Å². The third-order valence-electron chi connectivity index (χ3n) is 5.56. The van der Waals surface area contributed by atoms with Gasteiger partial charge in [0.2, 0.25) is 0 Å². The number of hydrogen-bond donors (Lipinski definition) is 1. The van der Waals surface area contributed by atoms with Crippen molar-refractivity contribution in [2.45, 2.75) is 51.4 Å². The second-order valence-corrected chi connectivity index (χ2v) is 8.21. The smallest absolute Gasteiger partial charge is 0.192 e. The maximum Gasteiger partial charge on any atom is 0.192 e. The summed E-state index contributed by atoms with van der Waals surface area (Å²) in [6.45, 7) is 2.17. The van der Waals surface area contributed by atoms with Crippen LogP contribution in [0.1, 0.15) is 54.7 Å². The largest absolute Gasteiger partial charge is 0.399 e. The van der Waals surface area contributed by atoms with Crippen molar-refractivity contribution in [3.05, 3.63) is 44.8 Å². The summed E-state index contributed by atoms with van der Waals surface area (Å²) in [6, 6.07) is 10.7. The van der Waals surface area contributed by atoms with Gasteiger partial charge in [0.05, 0.1) is 23.4 Å². The Morgan fingerprint density at radius 3 is 2.69 bits per heavy atom. The highest BCUT2D eigenvalue weighted by Crippen LogP contribution is 2.56. The molecule has 0 aliphatic heterocycles. The van der Waals surface area contributed by atoms with Crippen molar-refractivity contribution >= 4 is 11.3 Å². The minimum Gasteiger partial charge on any atom is -0.399 e. The summed E-state index contributed by atoms with van der Waals surface area (Å²) >= 11 is 1.69. The number of aryl methyl sites for hydroxylation is 1. The molecule has 4 nitrogen and oxygen atoms in total. The van der Waals surface area contributed by atoms with Crippen molar-refractivity contribution in [2.24, 2.45) is 17.1 Å². The van der Waals surface area contributed by atoms with Gasteiger partial charge >= 0.3 is 0 Å². The maximum atomic E-state index is 9.98. The molecule has 2 aliphatic rings. The van der Waals surface area contributed by atoms with Crippen molar-refractivity contribution in [3.8, 4) is 18.2 Å². The number of allylic oxidation sites excluding steroid dienone is 4. The molecule has 0 saturated heterocycles. The molecule has 0 saturated carbocycles. The lowest BCUT2D eigenvalue weighted by atomic mass is 9.58. The van der Waals surface area contributed by atoms with Gasteiger partial charge in [-0.3, -0.25) is 0 Å². The molecule has 2 atom stereocenters. The van der Waals surface area contributed by atoms with E-state index in [2.05, 4.69) is 43.3 Å². The van der Waals surface area contributed by atoms with Crippen molar-refractivity contribution in [2.75, 3.05) is 0 Å². The minimum atomic E-state index is -1.47. The lowest BCUT2D eigenvalue weighted by Gasteiger charge is -2.42. The number of rotatable bonds is 4. The van der Waals surface area contributed by atoms with Gasteiger partial charge in [0.1, 0.15) is 6.07 Å². The summed E-state index contributed by atoms with van der Waals surface area (Å²) < 4.78 is 0. The summed E-state index contributed by atoms with van der Waals surface area (Å²) in [5.74, 6) is -0.302. The number of unbranched alkanes of at least 4 members (excludes halogenated alkanes) is 1. The number of nitrogens with zero attached hydrogens (tertiary/aromatic N) is 3. The van der Waals surface area contributed by atoms with Crippen molar-refractivity contribution < 1.29 is 0 Å². The molecular formula is C21H22N4S.